The van der Waals surface area contributed by atoms with Crippen molar-refractivity contribution in [2.75, 3.05) is 26.2 Å². The Hall–Kier alpha value is -2.28. The Morgan fingerprint density at radius 2 is 1.78 bits per heavy atom. The summed E-state index contributed by atoms with van der Waals surface area (Å²) >= 11 is 5.51. The van der Waals surface area contributed by atoms with Crippen LogP contribution in [0, 0.1) is 4.77 Å². The van der Waals surface area contributed by atoms with Crippen molar-refractivity contribution >= 4 is 23.0 Å². The van der Waals surface area contributed by atoms with Gasteiger partial charge in [-0.05, 0) is 23.0 Å². The molecule has 1 aromatic heterocycles. The van der Waals surface area contributed by atoms with Crippen LogP contribution in [-0.4, -0.2) is 40.5 Å². The zero-order valence-corrected chi connectivity index (χ0v) is 16.4. The number of hydrogen-bond donors (Lipinski definition) is 2. The molecule has 2 aromatic carbocycles. The van der Waals surface area contributed by atoms with Crippen LogP contribution in [0.25, 0.3) is 10.8 Å². The van der Waals surface area contributed by atoms with Crippen LogP contribution in [0.15, 0.2) is 61.4 Å². The van der Waals surface area contributed by atoms with Crippen molar-refractivity contribution in [3.05, 3.63) is 71.8 Å². The average Bonchev–Trinajstić information content (AvgIpc) is 3.04. The van der Waals surface area contributed by atoms with Gasteiger partial charge in [0.2, 0.25) is 4.77 Å². The van der Waals surface area contributed by atoms with Gasteiger partial charge in [0, 0.05) is 12.1 Å². The molecule has 0 unspecified atom stereocenters. The number of hydrogen-bond acceptors (Lipinski definition) is 2. The third-order valence-corrected chi connectivity index (χ3v) is 5.93. The fourth-order valence-corrected chi connectivity index (χ4v) is 4.20. The predicted molar refractivity (Wildman–Crippen MR) is 110 cm³/mol. The zero-order chi connectivity index (χ0) is 18.6. The number of aromatic nitrogens is 3. The number of fused-ring (bicyclic) bond motifs is 1. The van der Waals surface area contributed by atoms with E-state index in [1.54, 1.807) is 9.80 Å². The van der Waals surface area contributed by atoms with Crippen molar-refractivity contribution in [3.63, 3.8) is 0 Å². The number of nitrogens with one attached hydrogen (secondary N) is 2. The number of piperazine rings is 1. The molecule has 0 saturated carbocycles. The molecule has 4 rings (SSSR count). The second kappa shape index (κ2) is 8.17. The summed E-state index contributed by atoms with van der Waals surface area (Å²) in [6.45, 7) is 11.1. The summed E-state index contributed by atoms with van der Waals surface area (Å²) < 4.78 is 4.70. The largest absolute Gasteiger partial charge is 0.322 e. The highest BCUT2D eigenvalue weighted by molar-refractivity contribution is 7.71. The Bertz CT molecular complexity index is 976. The fraction of sp³-hybridized carbons (Fsp3) is 0.333. The van der Waals surface area contributed by atoms with E-state index in [2.05, 4.69) is 54.1 Å². The van der Waals surface area contributed by atoms with Gasteiger partial charge in [-0.25, -0.2) is 0 Å². The number of benzene rings is 2. The maximum Gasteiger partial charge on any atom is 0.202 e. The third-order valence-electron chi connectivity index (χ3n) is 5.48. The quantitative estimate of drug-likeness (QED) is 0.487. The molecule has 1 fully saturated rings. The van der Waals surface area contributed by atoms with Crippen molar-refractivity contribution in [1.82, 2.24) is 14.3 Å². The lowest BCUT2D eigenvalue weighted by Gasteiger charge is -2.29. The average molecular weight is 382 g/mol. The molecule has 6 heteroatoms. The molecule has 2 heterocycles. The highest BCUT2D eigenvalue weighted by Crippen LogP contribution is 2.17. The van der Waals surface area contributed by atoms with Crippen molar-refractivity contribution in [1.29, 1.82) is 0 Å². The van der Waals surface area contributed by atoms with Gasteiger partial charge in [0.15, 0.2) is 6.67 Å². The summed E-state index contributed by atoms with van der Waals surface area (Å²) in [5, 5.41) is 7.18. The van der Waals surface area contributed by atoms with Crippen LogP contribution in [0.1, 0.15) is 5.56 Å². The van der Waals surface area contributed by atoms with E-state index in [1.807, 2.05) is 21.7 Å². The predicted octanol–water partition coefficient (Wildman–Crippen LogP) is 0.694. The van der Waals surface area contributed by atoms with Crippen LogP contribution >= 0.6 is 12.2 Å². The maximum atomic E-state index is 5.51. The molecular formula is C21H27N5S+2. The molecule has 2 N–H and O–H groups in total. The Kier molecular flexibility index (Phi) is 5.48. The molecule has 1 aliphatic rings. The molecule has 27 heavy (non-hydrogen) atoms. The van der Waals surface area contributed by atoms with E-state index in [-0.39, 0.29) is 0 Å². The van der Waals surface area contributed by atoms with Gasteiger partial charge in [0.1, 0.15) is 39.1 Å². The van der Waals surface area contributed by atoms with Gasteiger partial charge >= 0.3 is 0 Å². The second-order valence-electron chi connectivity index (χ2n) is 7.33. The minimum absolute atomic E-state index is 0.719. The van der Waals surface area contributed by atoms with Crippen LogP contribution in [0.4, 0.5) is 0 Å². The summed E-state index contributed by atoms with van der Waals surface area (Å²) in [5.74, 6) is 0. The first-order valence-corrected chi connectivity index (χ1v) is 10.0. The zero-order valence-electron chi connectivity index (χ0n) is 15.6. The monoisotopic (exact) mass is 381 g/mol. The molecule has 1 saturated heterocycles. The van der Waals surface area contributed by atoms with E-state index in [1.165, 1.54) is 29.4 Å². The highest BCUT2D eigenvalue weighted by atomic mass is 32.1. The van der Waals surface area contributed by atoms with Gasteiger partial charge in [0.25, 0.3) is 0 Å². The molecule has 140 valence electrons. The van der Waals surface area contributed by atoms with E-state index >= 15 is 0 Å². The maximum absolute atomic E-state index is 5.51. The smallest absolute Gasteiger partial charge is 0.202 e. The molecule has 0 aliphatic carbocycles. The number of nitrogens with zero attached hydrogens (tertiary/aromatic N) is 3. The Balaban J connectivity index is 1.36. The first kappa shape index (κ1) is 18.1. The molecule has 0 radical (unpaired) electrons. The van der Waals surface area contributed by atoms with Crippen molar-refractivity contribution in [2.24, 2.45) is 0 Å². The molecule has 0 amide bonds. The SMILES string of the molecule is C=CCn1cnn(C[NH+]2CC[NH+](Cc3cccc4ccccc34)CC2)c1=S. The van der Waals surface area contributed by atoms with Gasteiger partial charge in [-0.1, -0.05) is 48.5 Å². The molecule has 1 aliphatic heterocycles. The van der Waals surface area contributed by atoms with E-state index in [4.69, 9.17) is 12.2 Å². The van der Waals surface area contributed by atoms with Crippen LogP contribution < -0.4 is 9.80 Å². The topological polar surface area (TPSA) is 31.6 Å². The van der Waals surface area contributed by atoms with E-state index < -0.39 is 0 Å². The lowest BCUT2D eigenvalue weighted by molar-refractivity contribution is -1.03. The molecule has 0 spiro atoms. The summed E-state index contributed by atoms with van der Waals surface area (Å²) in [6.07, 6.45) is 3.66. The van der Waals surface area contributed by atoms with Gasteiger partial charge in [0.05, 0.1) is 0 Å². The molecule has 3 aromatic rings. The molecule has 0 atom stereocenters. The first-order valence-electron chi connectivity index (χ1n) is 9.61. The standard InChI is InChI=1S/C21H25N5S/c1-2-10-25-16-22-26(21(25)27)17-24-13-11-23(12-14-24)15-19-8-5-7-18-6-3-4-9-20(18)19/h2-9,16H,1,10-15,17H2/p+2. The minimum atomic E-state index is 0.719. The summed E-state index contributed by atoms with van der Waals surface area (Å²) in [6, 6.07) is 15.4. The second-order valence-corrected chi connectivity index (χ2v) is 7.69. The van der Waals surface area contributed by atoms with E-state index in [9.17, 15) is 0 Å². The summed E-state index contributed by atoms with van der Waals surface area (Å²) in [4.78, 5) is 3.22. The lowest BCUT2D eigenvalue weighted by Crippen LogP contribution is -3.27. The number of quaternary nitrogens is 2. The van der Waals surface area contributed by atoms with Crippen LogP contribution in [0.3, 0.4) is 0 Å². The van der Waals surface area contributed by atoms with Crippen LogP contribution in [-0.2, 0) is 19.8 Å². The normalized spacial score (nSPS) is 20.0. The summed E-state index contributed by atoms with van der Waals surface area (Å²) in [7, 11) is 0. The van der Waals surface area contributed by atoms with Crippen LogP contribution in [0.2, 0.25) is 0 Å². The van der Waals surface area contributed by atoms with Gasteiger partial charge in [-0.3, -0.25) is 0 Å². The third kappa shape index (κ3) is 4.03. The number of allylic oxidation sites excluding steroid dienone is 1. The minimum Gasteiger partial charge on any atom is -0.322 e. The first-order chi connectivity index (χ1) is 13.2. The van der Waals surface area contributed by atoms with Crippen molar-refractivity contribution in [3.8, 4) is 0 Å². The number of rotatable bonds is 6. The van der Waals surface area contributed by atoms with Gasteiger partial charge in [-0.2, -0.15) is 9.78 Å². The van der Waals surface area contributed by atoms with Crippen molar-refractivity contribution in [2.45, 2.75) is 19.8 Å². The van der Waals surface area contributed by atoms with Crippen molar-refractivity contribution < 1.29 is 9.80 Å². The van der Waals surface area contributed by atoms with Gasteiger partial charge < -0.3 is 14.4 Å². The highest BCUT2D eigenvalue weighted by Gasteiger charge is 2.24. The Morgan fingerprint density at radius 1 is 1.04 bits per heavy atom. The van der Waals surface area contributed by atoms with Crippen LogP contribution in [0.5, 0.6) is 0 Å². The molecular weight excluding hydrogens is 354 g/mol. The molecule has 5 nitrogen and oxygen atoms in total. The van der Waals surface area contributed by atoms with Gasteiger partial charge in [-0.15, -0.1) is 6.58 Å². The van der Waals surface area contributed by atoms with E-state index in [0.29, 0.717) is 0 Å². The Labute approximate surface area is 165 Å². The summed E-state index contributed by atoms with van der Waals surface area (Å²) in [5.41, 5.74) is 1.46. The fourth-order valence-electron chi connectivity index (χ4n) is 3.96. The van der Waals surface area contributed by atoms with E-state index in [0.717, 1.165) is 37.6 Å². The lowest BCUT2D eigenvalue weighted by atomic mass is 10.0. The molecule has 0 bridgehead atoms. The Morgan fingerprint density at radius 3 is 2.59 bits per heavy atom.